The van der Waals surface area contributed by atoms with Crippen LogP contribution in [0.1, 0.15) is 27.2 Å². The van der Waals surface area contributed by atoms with Crippen molar-refractivity contribution in [2.75, 3.05) is 12.4 Å². The van der Waals surface area contributed by atoms with Crippen LogP contribution in [0.5, 0.6) is 0 Å². The lowest BCUT2D eigenvalue weighted by atomic mass is 10.0. The molecule has 29 heavy (non-hydrogen) atoms. The van der Waals surface area contributed by atoms with Gasteiger partial charge in [0.05, 0.1) is 7.11 Å². The standard InChI is InChI=1S/C22H19BrClNO3S/c1-13-19(15-6-8-16(23)9-7-15)20(22(27)28-2)21(29-13)25-18(26)12-5-14-3-10-17(24)11-4-14/h3-4,6-11H,5,12H2,1-2H3,(H,25,26). The van der Waals surface area contributed by atoms with E-state index < -0.39 is 5.97 Å². The summed E-state index contributed by atoms with van der Waals surface area (Å²) in [6.07, 6.45) is 0.882. The number of esters is 1. The number of halogens is 2. The summed E-state index contributed by atoms with van der Waals surface area (Å²) in [6, 6.07) is 15.1. The third-order valence-electron chi connectivity index (χ3n) is 4.41. The average molecular weight is 493 g/mol. The van der Waals surface area contributed by atoms with Gasteiger partial charge in [-0.15, -0.1) is 11.3 Å². The van der Waals surface area contributed by atoms with E-state index in [9.17, 15) is 9.59 Å². The van der Waals surface area contributed by atoms with Gasteiger partial charge in [0.15, 0.2) is 0 Å². The molecule has 0 radical (unpaired) electrons. The number of hydrogen-bond acceptors (Lipinski definition) is 4. The molecule has 0 atom stereocenters. The van der Waals surface area contributed by atoms with Gasteiger partial charge in [0.25, 0.3) is 0 Å². The monoisotopic (exact) mass is 491 g/mol. The highest BCUT2D eigenvalue weighted by atomic mass is 79.9. The van der Waals surface area contributed by atoms with Crippen LogP contribution in [0.3, 0.4) is 0 Å². The molecule has 3 rings (SSSR count). The van der Waals surface area contributed by atoms with Crippen molar-refractivity contribution in [3.8, 4) is 11.1 Å². The van der Waals surface area contributed by atoms with Crippen molar-refractivity contribution in [3.05, 3.63) is 74.0 Å². The number of anilines is 1. The van der Waals surface area contributed by atoms with Gasteiger partial charge in [-0.05, 0) is 48.7 Å². The van der Waals surface area contributed by atoms with Gasteiger partial charge >= 0.3 is 5.97 Å². The number of carbonyl (C=O) groups is 2. The zero-order valence-corrected chi connectivity index (χ0v) is 19.1. The van der Waals surface area contributed by atoms with Crippen molar-refractivity contribution in [2.45, 2.75) is 19.8 Å². The summed E-state index contributed by atoms with van der Waals surface area (Å²) in [5.41, 5.74) is 3.08. The lowest BCUT2D eigenvalue weighted by Crippen LogP contribution is -2.14. The molecule has 1 N–H and O–H groups in total. The summed E-state index contributed by atoms with van der Waals surface area (Å²) in [5, 5.41) is 4.06. The zero-order chi connectivity index (χ0) is 21.0. The van der Waals surface area contributed by atoms with Crippen molar-refractivity contribution in [2.24, 2.45) is 0 Å². The first-order chi connectivity index (χ1) is 13.9. The lowest BCUT2D eigenvalue weighted by molar-refractivity contribution is -0.116. The Balaban J connectivity index is 1.83. The third kappa shape index (κ3) is 5.26. The van der Waals surface area contributed by atoms with Gasteiger partial charge in [-0.25, -0.2) is 4.79 Å². The first-order valence-electron chi connectivity index (χ1n) is 8.91. The number of rotatable bonds is 6. The number of nitrogens with one attached hydrogen (secondary N) is 1. The smallest absolute Gasteiger partial charge is 0.341 e. The second-order valence-electron chi connectivity index (χ2n) is 6.41. The maximum Gasteiger partial charge on any atom is 0.341 e. The Morgan fingerprint density at radius 2 is 1.76 bits per heavy atom. The van der Waals surface area contributed by atoms with Crippen LogP contribution in [0, 0.1) is 6.92 Å². The molecule has 2 aromatic carbocycles. The van der Waals surface area contributed by atoms with Crippen molar-refractivity contribution in [3.63, 3.8) is 0 Å². The first-order valence-corrected chi connectivity index (χ1v) is 10.9. The maximum absolute atomic E-state index is 12.5. The topological polar surface area (TPSA) is 55.4 Å². The molecule has 1 heterocycles. The number of thiophene rings is 1. The molecular formula is C22H19BrClNO3S. The highest BCUT2D eigenvalue weighted by molar-refractivity contribution is 9.10. The summed E-state index contributed by atoms with van der Waals surface area (Å²) in [5.74, 6) is -0.631. The van der Waals surface area contributed by atoms with Crippen molar-refractivity contribution >= 4 is 55.7 Å². The van der Waals surface area contributed by atoms with E-state index in [0.29, 0.717) is 28.4 Å². The van der Waals surface area contributed by atoms with Crippen LogP contribution in [-0.2, 0) is 16.0 Å². The highest BCUT2D eigenvalue weighted by Gasteiger charge is 2.25. The third-order valence-corrected chi connectivity index (χ3v) is 6.21. The average Bonchev–Trinajstić information content (AvgIpc) is 3.03. The molecule has 150 valence electrons. The Bertz CT molecular complexity index is 1030. The van der Waals surface area contributed by atoms with Crippen LogP contribution >= 0.6 is 38.9 Å². The first kappa shape index (κ1) is 21.6. The Morgan fingerprint density at radius 1 is 1.10 bits per heavy atom. The number of amides is 1. The summed E-state index contributed by atoms with van der Waals surface area (Å²) in [7, 11) is 1.34. The Hall–Kier alpha value is -2.15. The number of carbonyl (C=O) groups excluding carboxylic acids is 2. The number of benzene rings is 2. The molecule has 0 bridgehead atoms. The summed E-state index contributed by atoms with van der Waals surface area (Å²) in [4.78, 5) is 26.0. The van der Waals surface area contributed by atoms with E-state index in [1.807, 2.05) is 43.3 Å². The fraction of sp³-hybridized carbons (Fsp3) is 0.182. The number of ether oxygens (including phenoxy) is 1. The summed E-state index contributed by atoms with van der Waals surface area (Å²) in [6.45, 7) is 1.93. The Labute approximate surface area is 187 Å². The fourth-order valence-corrected chi connectivity index (χ4v) is 4.46. The predicted octanol–water partition coefficient (Wildman–Crippen LogP) is 6.50. The second-order valence-corrected chi connectivity index (χ2v) is 8.99. The van der Waals surface area contributed by atoms with Crippen LogP contribution in [0.2, 0.25) is 5.02 Å². The van der Waals surface area contributed by atoms with Crippen molar-refractivity contribution < 1.29 is 14.3 Å². The number of methoxy groups -OCH3 is 1. The molecule has 0 aliphatic rings. The van der Waals surface area contributed by atoms with Crippen LogP contribution in [-0.4, -0.2) is 19.0 Å². The van der Waals surface area contributed by atoms with Crippen LogP contribution in [0.25, 0.3) is 11.1 Å². The SMILES string of the molecule is COC(=O)c1c(NC(=O)CCc2ccc(Cl)cc2)sc(C)c1-c1ccc(Br)cc1. The molecule has 0 saturated heterocycles. The molecule has 1 amide bonds. The molecule has 0 aliphatic heterocycles. The largest absolute Gasteiger partial charge is 0.465 e. The Morgan fingerprint density at radius 3 is 2.38 bits per heavy atom. The molecule has 1 aromatic heterocycles. The molecule has 0 saturated carbocycles. The molecule has 0 fully saturated rings. The molecular weight excluding hydrogens is 474 g/mol. The molecule has 0 unspecified atom stereocenters. The summed E-state index contributed by atoms with van der Waals surface area (Å²) < 4.78 is 5.94. The van der Waals surface area contributed by atoms with E-state index in [4.69, 9.17) is 16.3 Å². The lowest BCUT2D eigenvalue weighted by Gasteiger charge is -2.08. The Kier molecular flexibility index (Phi) is 7.11. The molecule has 7 heteroatoms. The van der Waals surface area contributed by atoms with Gasteiger partial charge in [0.2, 0.25) is 5.91 Å². The van der Waals surface area contributed by atoms with E-state index in [-0.39, 0.29) is 5.91 Å². The van der Waals surface area contributed by atoms with E-state index in [0.717, 1.165) is 26.0 Å². The van der Waals surface area contributed by atoms with Crippen LogP contribution < -0.4 is 5.32 Å². The van der Waals surface area contributed by atoms with Gasteiger partial charge < -0.3 is 10.1 Å². The van der Waals surface area contributed by atoms with Crippen LogP contribution in [0.15, 0.2) is 53.0 Å². The van der Waals surface area contributed by atoms with Gasteiger partial charge in [0.1, 0.15) is 10.6 Å². The molecule has 0 spiro atoms. The number of hydrogen-bond donors (Lipinski definition) is 1. The molecule has 3 aromatic rings. The van der Waals surface area contributed by atoms with Gasteiger partial charge in [-0.1, -0.05) is 51.8 Å². The van der Waals surface area contributed by atoms with E-state index in [2.05, 4.69) is 21.2 Å². The van der Waals surface area contributed by atoms with E-state index in [1.54, 1.807) is 12.1 Å². The van der Waals surface area contributed by atoms with Gasteiger partial charge in [-0.2, -0.15) is 0 Å². The normalized spacial score (nSPS) is 10.6. The molecule has 0 aliphatic carbocycles. The quantitative estimate of drug-likeness (QED) is 0.400. The molecule has 4 nitrogen and oxygen atoms in total. The highest BCUT2D eigenvalue weighted by Crippen LogP contribution is 2.40. The minimum atomic E-state index is -0.472. The van der Waals surface area contributed by atoms with Crippen LogP contribution in [0.4, 0.5) is 5.00 Å². The van der Waals surface area contributed by atoms with E-state index >= 15 is 0 Å². The van der Waals surface area contributed by atoms with Crippen molar-refractivity contribution in [1.29, 1.82) is 0 Å². The maximum atomic E-state index is 12.5. The second kappa shape index (κ2) is 9.57. The zero-order valence-electron chi connectivity index (χ0n) is 15.9. The minimum absolute atomic E-state index is 0.159. The minimum Gasteiger partial charge on any atom is -0.465 e. The number of aryl methyl sites for hydroxylation is 2. The fourth-order valence-electron chi connectivity index (χ4n) is 2.99. The summed E-state index contributed by atoms with van der Waals surface area (Å²) >= 11 is 10.7. The van der Waals surface area contributed by atoms with E-state index in [1.165, 1.54) is 18.4 Å². The predicted molar refractivity (Wildman–Crippen MR) is 122 cm³/mol. The van der Waals surface area contributed by atoms with Gasteiger partial charge in [0, 0.05) is 26.4 Å². The van der Waals surface area contributed by atoms with Crippen molar-refractivity contribution in [1.82, 2.24) is 0 Å². The van der Waals surface area contributed by atoms with Gasteiger partial charge in [-0.3, -0.25) is 4.79 Å².